The van der Waals surface area contributed by atoms with Gasteiger partial charge in [-0.25, -0.2) is 0 Å². The van der Waals surface area contributed by atoms with Crippen LogP contribution in [0.25, 0.3) is 0 Å². The number of hydrogen-bond donors (Lipinski definition) is 1. The monoisotopic (exact) mass is 278 g/mol. The van der Waals surface area contributed by atoms with Crippen molar-refractivity contribution in [3.8, 4) is 0 Å². The van der Waals surface area contributed by atoms with Crippen molar-refractivity contribution in [3.63, 3.8) is 0 Å². The smallest absolute Gasteiger partial charge is 0.160 e. The van der Waals surface area contributed by atoms with E-state index in [1.54, 1.807) is 13.0 Å². The molecule has 0 fully saturated rings. The third-order valence-electron chi connectivity index (χ3n) is 2.20. The zero-order valence-corrected chi connectivity index (χ0v) is 10.6. The molecular formula is C10H15BrO4. The third kappa shape index (κ3) is 3.04. The van der Waals surface area contributed by atoms with Crippen LogP contribution >= 0.6 is 15.9 Å². The minimum Gasteiger partial charge on any atom is -0.465 e. The number of aliphatic hydroxyl groups is 1. The standard InChI is InChI=1S/C10H15BrO4/c1-10(12,6-8(13-2)14-3)9-7(11)4-5-15-9/h4-5,8,12H,6H2,1-3H3. The molecule has 0 spiro atoms. The van der Waals surface area contributed by atoms with Crippen LogP contribution in [0.1, 0.15) is 19.1 Å². The Kier molecular flexibility index (Phi) is 4.33. The molecule has 0 aliphatic rings. The van der Waals surface area contributed by atoms with E-state index in [0.717, 1.165) is 4.47 Å². The molecule has 1 heterocycles. The third-order valence-corrected chi connectivity index (χ3v) is 2.82. The average Bonchev–Trinajstić information content (AvgIpc) is 2.61. The van der Waals surface area contributed by atoms with Crippen LogP contribution in [0, 0.1) is 0 Å². The van der Waals surface area contributed by atoms with Crippen molar-refractivity contribution in [1.82, 2.24) is 0 Å². The van der Waals surface area contributed by atoms with E-state index < -0.39 is 11.9 Å². The van der Waals surface area contributed by atoms with Crippen LogP contribution in [0.3, 0.4) is 0 Å². The number of hydrogen-bond acceptors (Lipinski definition) is 4. The Morgan fingerprint density at radius 3 is 2.53 bits per heavy atom. The van der Waals surface area contributed by atoms with E-state index in [0.29, 0.717) is 12.2 Å². The Morgan fingerprint density at radius 1 is 1.53 bits per heavy atom. The molecule has 0 amide bonds. The molecule has 1 unspecified atom stereocenters. The minimum atomic E-state index is -1.13. The lowest BCUT2D eigenvalue weighted by atomic mass is 9.99. The van der Waals surface area contributed by atoms with Gasteiger partial charge in [-0.1, -0.05) is 0 Å². The molecule has 1 aromatic rings. The van der Waals surface area contributed by atoms with Crippen molar-refractivity contribution in [2.24, 2.45) is 0 Å². The highest BCUT2D eigenvalue weighted by Crippen LogP contribution is 2.33. The van der Waals surface area contributed by atoms with E-state index in [1.165, 1.54) is 20.5 Å². The van der Waals surface area contributed by atoms with Gasteiger partial charge in [-0.2, -0.15) is 0 Å². The molecular weight excluding hydrogens is 264 g/mol. The topological polar surface area (TPSA) is 51.8 Å². The van der Waals surface area contributed by atoms with E-state index in [-0.39, 0.29) is 0 Å². The van der Waals surface area contributed by atoms with Gasteiger partial charge < -0.3 is 19.0 Å². The molecule has 1 aromatic heterocycles. The van der Waals surface area contributed by atoms with Gasteiger partial charge in [0, 0.05) is 20.6 Å². The summed E-state index contributed by atoms with van der Waals surface area (Å²) >= 11 is 3.30. The number of halogens is 1. The summed E-state index contributed by atoms with van der Waals surface area (Å²) in [4.78, 5) is 0. The van der Waals surface area contributed by atoms with Crippen LogP contribution in [0.5, 0.6) is 0 Å². The highest BCUT2D eigenvalue weighted by Gasteiger charge is 2.32. The fourth-order valence-corrected chi connectivity index (χ4v) is 1.99. The Morgan fingerprint density at radius 2 is 2.13 bits per heavy atom. The summed E-state index contributed by atoms with van der Waals surface area (Å²) in [5, 5.41) is 10.2. The molecule has 0 aliphatic carbocycles. The van der Waals surface area contributed by atoms with E-state index in [1.807, 2.05) is 0 Å². The second kappa shape index (κ2) is 5.12. The van der Waals surface area contributed by atoms with Crippen LogP contribution in [0.4, 0.5) is 0 Å². The first-order valence-corrected chi connectivity index (χ1v) is 5.32. The lowest BCUT2D eigenvalue weighted by molar-refractivity contribution is -0.145. The Hall–Kier alpha value is -0.360. The number of furan rings is 1. The van der Waals surface area contributed by atoms with E-state index in [4.69, 9.17) is 13.9 Å². The first-order chi connectivity index (χ1) is 7.01. The molecule has 0 aliphatic heterocycles. The molecule has 4 nitrogen and oxygen atoms in total. The maximum atomic E-state index is 10.2. The summed E-state index contributed by atoms with van der Waals surface area (Å²) in [7, 11) is 3.06. The molecule has 86 valence electrons. The minimum absolute atomic E-state index is 0.298. The molecule has 0 saturated heterocycles. The largest absolute Gasteiger partial charge is 0.465 e. The Labute approximate surface area is 97.3 Å². The van der Waals surface area contributed by atoms with Crippen molar-refractivity contribution >= 4 is 15.9 Å². The summed E-state index contributed by atoms with van der Waals surface area (Å²) in [6.07, 6.45) is 1.35. The molecule has 0 radical (unpaired) electrons. The predicted molar refractivity (Wildman–Crippen MR) is 58.4 cm³/mol. The Balaban J connectivity index is 2.79. The van der Waals surface area contributed by atoms with E-state index >= 15 is 0 Å². The normalized spacial score (nSPS) is 15.6. The number of ether oxygens (including phenoxy) is 2. The fraction of sp³-hybridized carbons (Fsp3) is 0.600. The number of rotatable bonds is 5. The lowest BCUT2D eigenvalue weighted by Gasteiger charge is -2.25. The molecule has 5 heteroatoms. The summed E-state index contributed by atoms with van der Waals surface area (Å²) < 4.78 is 16.0. The highest BCUT2D eigenvalue weighted by atomic mass is 79.9. The molecule has 0 aromatic carbocycles. The van der Waals surface area contributed by atoms with Gasteiger partial charge in [-0.15, -0.1) is 0 Å². The summed E-state index contributed by atoms with van der Waals surface area (Å²) in [6.45, 7) is 1.65. The van der Waals surface area contributed by atoms with Gasteiger partial charge in [0.05, 0.1) is 10.7 Å². The highest BCUT2D eigenvalue weighted by molar-refractivity contribution is 9.10. The quantitative estimate of drug-likeness (QED) is 0.840. The van der Waals surface area contributed by atoms with Crippen molar-refractivity contribution < 1.29 is 19.0 Å². The second-order valence-corrected chi connectivity index (χ2v) is 4.33. The Bertz CT molecular complexity index is 304. The van der Waals surface area contributed by atoms with Gasteiger partial charge in [0.1, 0.15) is 11.4 Å². The van der Waals surface area contributed by atoms with Gasteiger partial charge in [0.2, 0.25) is 0 Å². The zero-order chi connectivity index (χ0) is 11.5. The SMILES string of the molecule is COC(CC(C)(O)c1occc1Br)OC. The predicted octanol–water partition coefficient (Wildman–Crippen LogP) is 2.26. The van der Waals surface area contributed by atoms with Gasteiger partial charge in [-0.3, -0.25) is 0 Å². The fourth-order valence-electron chi connectivity index (χ4n) is 1.36. The summed E-state index contributed by atoms with van der Waals surface area (Å²) in [5.74, 6) is 0.474. The van der Waals surface area contributed by atoms with Crippen molar-refractivity contribution in [3.05, 3.63) is 22.6 Å². The maximum absolute atomic E-state index is 10.2. The average molecular weight is 279 g/mol. The first-order valence-electron chi connectivity index (χ1n) is 4.52. The van der Waals surface area contributed by atoms with Gasteiger partial charge in [-0.05, 0) is 28.9 Å². The van der Waals surface area contributed by atoms with Crippen LogP contribution < -0.4 is 0 Å². The number of methoxy groups -OCH3 is 2. The molecule has 15 heavy (non-hydrogen) atoms. The van der Waals surface area contributed by atoms with Gasteiger partial charge in [0.15, 0.2) is 6.29 Å². The molecule has 0 saturated carbocycles. The molecule has 1 atom stereocenters. The molecule has 1 N–H and O–H groups in total. The van der Waals surface area contributed by atoms with Gasteiger partial charge >= 0.3 is 0 Å². The van der Waals surface area contributed by atoms with Crippen molar-refractivity contribution in [1.29, 1.82) is 0 Å². The van der Waals surface area contributed by atoms with Crippen LogP contribution in [0.15, 0.2) is 21.2 Å². The first kappa shape index (κ1) is 12.7. The lowest BCUT2D eigenvalue weighted by Crippen LogP contribution is -2.29. The van der Waals surface area contributed by atoms with Crippen LogP contribution in [-0.2, 0) is 15.1 Å². The molecule has 1 rings (SSSR count). The van der Waals surface area contributed by atoms with Crippen LogP contribution in [-0.4, -0.2) is 25.6 Å². The second-order valence-electron chi connectivity index (χ2n) is 3.48. The zero-order valence-electron chi connectivity index (χ0n) is 8.99. The van der Waals surface area contributed by atoms with E-state index in [2.05, 4.69) is 15.9 Å². The van der Waals surface area contributed by atoms with Crippen LogP contribution in [0.2, 0.25) is 0 Å². The van der Waals surface area contributed by atoms with Crippen molar-refractivity contribution in [2.45, 2.75) is 25.2 Å². The van der Waals surface area contributed by atoms with E-state index in [9.17, 15) is 5.11 Å². The van der Waals surface area contributed by atoms with Gasteiger partial charge in [0.25, 0.3) is 0 Å². The van der Waals surface area contributed by atoms with Crippen molar-refractivity contribution in [2.75, 3.05) is 14.2 Å². The maximum Gasteiger partial charge on any atom is 0.160 e. The summed E-state index contributed by atoms with van der Waals surface area (Å²) in [6, 6.07) is 1.73. The summed E-state index contributed by atoms with van der Waals surface area (Å²) in [5.41, 5.74) is -1.13. The molecule has 0 bridgehead atoms.